The molecule has 0 radical (unpaired) electrons. The maximum atomic E-state index is 5.97. The highest BCUT2D eigenvalue weighted by molar-refractivity contribution is 5.29. The van der Waals surface area contributed by atoms with E-state index in [9.17, 15) is 0 Å². The van der Waals surface area contributed by atoms with Gasteiger partial charge in [-0.15, -0.1) is 0 Å². The number of hydrogen-bond donors (Lipinski definition) is 1. The standard InChI is InChI=1S/C16H24N2/c1-18(11-12-2-3-12)16(10-17)15-8-6-14(7-9-15)13-4-5-13/h6-9,12-13,16H,2-5,10-11,17H2,1H3. The first kappa shape index (κ1) is 12.2. The first-order valence-corrected chi connectivity index (χ1v) is 7.28. The third-order valence-corrected chi connectivity index (χ3v) is 4.37. The summed E-state index contributed by atoms with van der Waals surface area (Å²) in [5, 5.41) is 0. The minimum Gasteiger partial charge on any atom is -0.329 e. The second-order valence-electron chi connectivity index (χ2n) is 6.08. The molecule has 0 amide bonds. The Bertz CT molecular complexity index is 390. The molecule has 18 heavy (non-hydrogen) atoms. The Labute approximate surface area is 110 Å². The molecule has 0 aliphatic heterocycles. The van der Waals surface area contributed by atoms with Crippen LogP contribution < -0.4 is 5.73 Å². The molecule has 0 bridgehead atoms. The zero-order valence-electron chi connectivity index (χ0n) is 11.3. The van der Waals surface area contributed by atoms with Gasteiger partial charge in [-0.25, -0.2) is 0 Å². The lowest BCUT2D eigenvalue weighted by Gasteiger charge is -2.27. The molecule has 2 aliphatic rings. The van der Waals surface area contributed by atoms with Crippen LogP contribution >= 0.6 is 0 Å². The molecule has 0 spiro atoms. The van der Waals surface area contributed by atoms with Gasteiger partial charge in [-0.05, 0) is 55.7 Å². The van der Waals surface area contributed by atoms with E-state index in [2.05, 4.69) is 36.2 Å². The second-order valence-corrected chi connectivity index (χ2v) is 6.08. The van der Waals surface area contributed by atoms with Gasteiger partial charge in [-0.2, -0.15) is 0 Å². The molecule has 2 fully saturated rings. The van der Waals surface area contributed by atoms with E-state index in [0.29, 0.717) is 12.6 Å². The molecule has 1 unspecified atom stereocenters. The topological polar surface area (TPSA) is 29.3 Å². The maximum absolute atomic E-state index is 5.97. The highest BCUT2D eigenvalue weighted by Crippen LogP contribution is 2.40. The highest BCUT2D eigenvalue weighted by Gasteiger charge is 2.27. The Morgan fingerprint density at radius 1 is 1.17 bits per heavy atom. The molecule has 2 saturated carbocycles. The SMILES string of the molecule is CN(CC1CC1)C(CN)c1ccc(C2CC2)cc1. The lowest BCUT2D eigenvalue weighted by Crippen LogP contribution is -2.32. The van der Waals surface area contributed by atoms with E-state index in [0.717, 1.165) is 11.8 Å². The van der Waals surface area contributed by atoms with E-state index in [-0.39, 0.29) is 0 Å². The zero-order chi connectivity index (χ0) is 12.5. The largest absolute Gasteiger partial charge is 0.329 e. The fourth-order valence-corrected chi connectivity index (χ4v) is 2.81. The fourth-order valence-electron chi connectivity index (χ4n) is 2.81. The third kappa shape index (κ3) is 2.76. The summed E-state index contributed by atoms with van der Waals surface area (Å²) < 4.78 is 0. The molecule has 2 nitrogen and oxygen atoms in total. The molecule has 1 aromatic rings. The van der Waals surface area contributed by atoms with Gasteiger partial charge in [0.1, 0.15) is 0 Å². The van der Waals surface area contributed by atoms with Crippen LogP contribution in [0.4, 0.5) is 0 Å². The zero-order valence-corrected chi connectivity index (χ0v) is 11.3. The minimum atomic E-state index is 0.388. The monoisotopic (exact) mass is 244 g/mol. The van der Waals surface area contributed by atoms with Crippen LogP contribution in [0.15, 0.2) is 24.3 Å². The highest BCUT2D eigenvalue weighted by atomic mass is 15.1. The first-order chi connectivity index (χ1) is 8.78. The molecule has 2 N–H and O–H groups in total. The van der Waals surface area contributed by atoms with Crippen LogP contribution in [0.5, 0.6) is 0 Å². The first-order valence-electron chi connectivity index (χ1n) is 7.28. The van der Waals surface area contributed by atoms with Crippen LogP contribution in [-0.4, -0.2) is 25.0 Å². The summed E-state index contributed by atoms with van der Waals surface area (Å²) in [7, 11) is 2.21. The molecule has 1 aromatic carbocycles. The van der Waals surface area contributed by atoms with Crippen molar-refractivity contribution < 1.29 is 0 Å². The van der Waals surface area contributed by atoms with Gasteiger partial charge >= 0.3 is 0 Å². The van der Waals surface area contributed by atoms with E-state index in [1.54, 1.807) is 0 Å². The van der Waals surface area contributed by atoms with Gasteiger partial charge < -0.3 is 5.73 Å². The minimum absolute atomic E-state index is 0.388. The van der Waals surface area contributed by atoms with Gasteiger partial charge in [0.05, 0.1) is 0 Å². The van der Waals surface area contributed by atoms with Crippen LogP contribution in [-0.2, 0) is 0 Å². The van der Waals surface area contributed by atoms with Crippen molar-refractivity contribution in [1.29, 1.82) is 0 Å². The van der Waals surface area contributed by atoms with Crippen molar-refractivity contribution in [2.75, 3.05) is 20.1 Å². The van der Waals surface area contributed by atoms with E-state index >= 15 is 0 Å². The number of likely N-dealkylation sites (N-methyl/N-ethyl adjacent to an activating group) is 1. The van der Waals surface area contributed by atoms with Crippen molar-refractivity contribution in [3.63, 3.8) is 0 Å². The molecule has 1 atom stereocenters. The van der Waals surface area contributed by atoms with Crippen LogP contribution in [0.1, 0.15) is 48.8 Å². The second kappa shape index (κ2) is 5.02. The van der Waals surface area contributed by atoms with Gasteiger partial charge in [-0.3, -0.25) is 4.90 Å². The van der Waals surface area contributed by atoms with Crippen molar-refractivity contribution in [2.24, 2.45) is 11.7 Å². The molecule has 0 aromatic heterocycles. The lowest BCUT2D eigenvalue weighted by molar-refractivity contribution is 0.240. The number of nitrogens with two attached hydrogens (primary N) is 1. The summed E-state index contributed by atoms with van der Waals surface area (Å²) in [5.74, 6) is 1.77. The number of benzene rings is 1. The Kier molecular flexibility index (Phi) is 3.40. The smallest absolute Gasteiger partial charge is 0.0467 e. The van der Waals surface area contributed by atoms with Gasteiger partial charge in [-0.1, -0.05) is 24.3 Å². The summed E-state index contributed by atoms with van der Waals surface area (Å²) in [6, 6.07) is 9.57. The number of rotatable bonds is 6. The van der Waals surface area contributed by atoms with Crippen molar-refractivity contribution in [3.8, 4) is 0 Å². The van der Waals surface area contributed by atoms with E-state index < -0.39 is 0 Å². The molecule has 2 heteroatoms. The third-order valence-electron chi connectivity index (χ3n) is 4.37. The van der Waals surface area contributed by atoms with Crippen molar-refractivity contribution in [3.05, 3.63) is 35.4 Å². The van der Waals surface area contributed by atoms with Gasteiger partial charge in [0.15, 0.2) is 0 Å². The maximum Gasteiger partial charge on any atom is 0.0467 e. The quantitative estimate of drug-likeness (QED) is 0.833. The molecule has 3 rings (SSSR count). The number of hydrogen-bond acceptors (Lipinski definition) is 2. The van der Waals surface area contributed by atoms with Crippen molar-refractivity contribution in [1.82, 2.24) is 4.90 Å². The Hall–Kier alpha value is -0.860. The van der Waals surface area contributed by atoms with Gasteiger partial charge in [0, 0.05) is 19.1 Å². The van der Waals surface area contributed by atoms with E-state index in [4.69, 9.17) is 5.73 Å². The molecular weight excluding hydrogens is 220 g/mol. The van der Waals surface area contributed by atoms with Crippen LogP contribution in [0, 0.1) is 5.92 Å². The summed E-state index contributed by atoms with van der Waals surface area (Å²) in [6.07, 6.45) is 5.56. The molecule has 0 saturated heterocycles. The van der Waals surface area contributed by atoms with Crippen LogP contribution in [0.25, 0.3) is 0 Å². The Balaban J connectivity index is 1.68. The van der Waals surface area contributed by atoms with Crippen molar-refractivity contribution in [2.45, 2.75) is 37.6 Å². The van der Waals surface area contributed by atoms with E-state index in [1.165, 1.54) is 43.4 Å². The van der Waals surface area contributed by atoms with Gasteiger partial charge in [0.25, 0.3) is 0 Å². The lowest BCUT2D eigenvalue weighted by atomic mass is 10.0. The Morgan fingerprint density at radius 3 is 2.33 bits per heavy atom. The molecular formula is C16H24N2. The molecule has 98 valence electrons. The summed E-state index contributed by atoms with van der Waals surface area (Å²) in [5.41, 5.74) is 8.86. The normalized spacial score (nSPS) is 21.3. The van der Waals surface area contributed by atoms with E-state index in [1.807, 2.05) is 0 Å². The number of nitrogens with zero attached hydrogens (tertiary/aromatic N) is 1. The summed E-state index contributed by atoms with van der Waals surface area (Å²) >= 11 is 0. The summed E-state index contributed by atoms with van der Waals surface area (Å²) in [6.45, 7) is 1.91. The summed E-state index contributed by atoms with van der Waals surface area (Å²) in [4.78, 5) is 2.43. The van der Waals surface area contributed by atoms with Crippen LogP contribution in [0.3, 0.4) is 0 Å². The predicted molar refractivity (Wildman–Crippen MR) is 75.6 cm³/mol. The Morgan fingerprint density at radius 2 is 1.83 bits per heavy atom. The average Bonchev–Trinajstić information content (AvgIpc) is 3.25. The van der Waals surface area contributed by atoms with Crippen LogP contribution in [0.2, 0.25) is 0 Å². The average molecular weight is 244 g/mol. The van der Waals surface area contributed by atoms with Crippen molar-refractivity contribution >= 4 is 0 Å². The molecule has 0 heterocycles. The molecule has 2 aliphatic carbocycles. The fraction of sp³-hybridized carbons (Fsp3) is 0.625. The van der Waals surface area contributed by atoms with Gasteiger partial charge in [0.2, 0.25) is 0 Å². The predicted octanol–water partition coefficient (Wildman–Crippen LogP) is 2.91.